The molecule has 0 atom stereocenters. The zero-order valence-electron chi connectivity index (χ0n) is 17.9. The van der Waals surface area contributed by atoms with E-state index < -0.39 is 11.7 Å². The molecule has 0 aliphatic carbocycles. The lowest BCUT2D eigenvalue weighted by atomic mass is 10.1. The van der Waals surface area contributed by atoms with Gasteiger partial charge in [0.1, 0.15) is 11.4 Å². The van der Waals surface area contributed by atoms with Crippen molar-refractivity contribution in [3.8, 4) is 5.75 Å². The fraction of sp³-hybridized carbons (Fsp3) is 0.304. The molecule has 1 aliphatic rings. The number of halogens is 3. The number of thiazole rings is 1. The molecule has 1 N–H and O–H groups in total. The molecule has 174 valence electrons. The number of rotatable bonds is 6. The average Bonchev–Trinajstić information content (AvgIpc) is 3.28. The number of alkyl halides is 3. The number of anilines is 3. The highest BCUT2D eigenvalue weighted by Gasteiger charge is 2.31. The normalized spacial score (nSPS) is 14.3. The van der Waals surface area contributed by atoms with Crippen molar-refractivity contribution in [1.29, 1.82) is 0 Å². The third-order valence-corrected chi connectivity index (χ3v) is 6.00. The highest BCUT2D eigenvalue weighted by Crippen LogP contribution is 2.32. The lowest BCUT2D eigenvalue weighted by Gasteiger charge is -2.36. The summed E-state index contributed by atoms with van der Waals surface area (Å²) in [5, 5.41) is 5.49. The fourth-order valence-corrected chi connectivity index (χ4v) is 4.27. The van der Waals surface area contributed by atoms with Crippen LogP contribution in [-0.2, 0) is 6.18 Å². The molecule has 1 aliphatic heterocycles. The number of ether oxygens (including phenoxy) is 1. The van der Waals surface area contributed by atoms with Gasteiger partial charge in [0.15, 0.2) is 5.13 Å². The molecule has 1 saturated heterocycles. The molecule has 4 rings (SSSR count). The van der Waals surface area contributed by atoms with Crippen molar-refractivity contribution < 1.29 is 22.7 Å². The van der Waals surface area contributed by atoms with Crippen LogP contribution < -0.4 is 15.0 Å². The van der Waals surface area contributed by atoms with E-state index in [1.165, 1.54) is 17.4 Å². The van der Waals surface area contributed by atoms with E-state index in [0.717, 1.165) is 23.6 Å². The number of carbonyl (C=O) groups is 1. The number of nitrogens with zero attached hydrogens (tertiary/aromatic N) is 3. The van der Waals surface area contributed by atoms with Crippen LogP contribution >= 0.6 is 11.3 Å². The van der Waals surface area contributed by atoms with Crippen LogP contribution in [0.5, 0.6) is 5.75 Å². The minimum Gasteiger partial charge on any atom is -0.494 e. The summed E-state index contributed by atoms with van der Waals surface area (Å²) in [4.78, 5) is 20.8. The number of amides is 1. The van der Waals surface area contributed by atoms with E-state index in [1.807, 2.05) is 36.1 Å². The Morgan fingerprint density at radius 1 is 1.12 bits per heavy atom. The van der Waals surface area contributed by atoms with Crippen LogP contribution in [0.2, 0.25) is 0 Å². The van der Waals surface area contributed by atoms with Gasteiger partial charge in [-0.15, -0.1) is 11.3 Å². The number of piperazine rings is 1. The molecular formula is C23H23F3N4O2S. The van der Waals surface area contributed by atoms with Crippen LogP contribution in [0.15, 0.2) is 53.9 Å². The maximum atomic E-state index is 13.0. The molecule has 2 heterocycles. The number of hydrogen-bond acceptors (Lipinski definition) is 6. The number of carbonyl (C=O) groups excluding carboxylic acids is 1. The molecule has 0 saturated carbocycles. The standard InChI is InChI=1S/C23H23F3N4O2S/c1-2-32-19-8-6-17(7-9-19)27-22-28-20(15-33-22)21(31)30-12-10-29(11-13-30)18-5-3-4-16(14-18)23(24,25)26/h3-9,14-15H,2,10-13H2,1H3,(H,27,28). The van der Waals surface area contributed by atoms with Gasteiger partial charge in [0.05, 0.1) is 12.2 Å². The van der Waals surface area contributed by atoms with Gasteiger partial charge in [0.25, 0.3) is 5.91 Å². The Morgan fingerprint density at radius 2 is 1.85 bits per heavy atom. The summed E-state index contributed by atoms with van der Waals surface area (Å²) < 4.78 is 44.4. The predicted octanol–water partition coefficient (Wildman–Crippen LogP) is 5.27. The van der Waals surface area contributed by atoms with E-state index in [0.29, 0.717) is 49.3 Å². The molecule has 3 aromatic rings. The van der Waals surface area contributed by atoms with Gasteiger partial charge in [-0.1, -0.05) is 6.07 Å². The third kappa shape index (κ3) is 5.57. The van der Waals surface area contributed by atoms with Crippen LogP contribution in [0.4, 0.5) is 29.7 Å². The van der Waals surface area contributed by atoms with E-state index in [-0.39, 0.29) is 5.91 Å². The van der Waals surface area contributed by atoms with E-state index in [9.17, 15) is 18.0 Å². The van der Waals surface area contributed by atoms with Crippen molar-refractivity contribution in [2.45, 2.75) is 13.1 Å². The summed E-state index contributed by atoms with van der Waals surface area (Å²) in [5.41, 5.74) is 1.02. The monoisotopic (exact) mass is 476 g/mol. The fourth-order valence-electron chi connectivity index (χ4n) is 3.56. The first-order chi connectivity index (χ1) is 15.8. The average molecular weight is 477 g/mol. The topological polar surface area (TPSA) is 57.7 Å². The van der Waals surface area contributed by atoms with E-state index >= 15 is 0 Å². The summed E-state index contributed by atoms with van der Waals surface area (Å²) in [6, 6.07) is 12.7. The first kappa shape index (κ1) is 22.9. The molecule has 2 aromatic carbocycles. The van der Waals surface area contributed by atoms with Gasteiger partial charge in [0.2, 0.25) is 0 Å². The minimum atomic E-state index is -4.38. The first-order valence-electron chi connectivity index (χ1n) is 10.5. The molecule has 1 fully saturated rings. The quantitative estimate of drug-likeness (QED) is 0.526. The molecular weight excluding hydrogens is 453 g/mol. The summed E-state index contributed by atoms with van der Waals surface area (Å²) in [5.74, 6) is 0.594. The summed E-state index contributed by atoms with van der Waals surface area (Å²) >= 11 is 1.33. The molecule has 0 bridgehead atoms. The highest BCUT2D eigenvalue weighted by atomic mass is 32.1. The molecule has 33 heavy (non-hydrogen) atoms. The van der Waals surface area contributed by atoms with E-state index in [4.69, 9.17) is 4.74 Å². The van der Waals surface area contributed by atoms with Crippen molar-refractivity contribution in [2.75, 3.05) is 43.0 Å². The maximum absolute atomic E-state index is 13.0. The lowest BCUT2D eigenvalue weighted by molar-refractivity contribution is -0.137. The van der Waals surface area contributed by atoms with E-state index in [2.05, 4.69) is 10.3 Å². The Kier molecular flexibility index (Phi) is 6.73. The molecule has 0 spiro atoms. The maximum Gasteiger partial charge on any atom is 0.416 e. The van der Waals surface area contributed by atoms with Gasteiger partial charge < -0.3 is 19.9 Å². The van der Waals surface area contributed by atoms with Gasteiger partial charge in [-0.05, 0) is 49.4 Å². The van der Waals surface area contributed by atoms with Crippen molar-refractivity contribution in [3.63, 3.8) is 0 Å². The number of hydrogen-bond donors (Lipinski definition) is 1. The van der Waals surface area contributed by atoms with Gasteiger partial charge >= 0.3 is 6.18 Å². The Morgan fingerprint density at radius 3 is 2.52 bits per heavy atom. The zero-order valence-corrected chi connectivity index (χ0v) is 18.7. The van der Waals surface area contributed by atoms with Crippen molar-refractivity contribution in [1.82, 2.24) is 9.88 Å². The zero-order chi connectivity index (χ0) is 23.4. The van der Waals surface area contributed by atoms with E-state index in [1.54, 1.807) is 16.3 Å². The number of nitrogens with one attached hydrogen (secondary N) is 1. The molecule has 10 heteroatoms. The van der Waals surface area contributed by atoms with Gasteiger partial charge in [0, 0.05) is 42.9 Å². The van der Waals surface area contributed by atoms with Crippen molar-refractivity contribution >= 4 is 33.8 Å². The summed E-state index contributed by atoms with van der Waals surface area (Å²) in [6.45, 7) is 4.25. The van der Waals surface area contributed by atoms with Crippen LogP contribution in [0, 0.1) is 0 Å². The lowest BCUT2D eigenvalue weighted by Crippen LogP contribution is -2.48. The Hall–Kier alpha value is -3.27. The second kappa shape index (κ2) is 9.70. The molecule has 1 aromatic heterocycles. The van der Waals surface area contributed by atoms with Gasteiger partial charge in [-0.25, -0.2) is 4.98 Å². The summed E-state index contributed by atoms with van der Waals surface area (Å²) in [7, 11) is 0. The molecule has 0 unspecified atom stereocenters. The van der Waals surface area contributed by atoms with Crippen molar-refractivity contribution in [2.24, 2.45) is 0 Å². The van der Waals surface area contributed by atoms with Gasteiger partial charge in [-0.2, -0.15) is 13.2 Å². The SMILES string of the molecule is CCOc1ccc(Nc2nc(C(=O)N3CCN(c4cccc(C(F)(F)F)c4)CC3)cs2)cc1. The third-order valence-electron chi connectivity index (χ3n) is 5.25. The Labute approximate surface area is 193 Å². The smallest absolute Gasteiger partial charge is 0.416 e. The molecule has 0 radical (unpaired) electrons. The Balaban J connectivity index is 1.34. The van der Waals surface area contributed by atoms with Crippen LogP contribution in [0.1, 0.15) is 23.0 Å². The second-order valence-electron chi connectivity index (χ2n) is 7.45. The van der Waals surface area contributed by atoms with Crippen LogP contribution in [-0.4, -0.2) is 48.6 Å². The Bertz CT molecular complexity index is 1090. The number of benzene rings is 2. The van der Waals surface area contributed by atoms with Crippen molar-refractivity contribution in [3.05, 3.63) is 65.2 Å². The molecule has 1 amide bonds. The van der Waals surface area contributed by atoms with Gasteiger partial charge in [-0.3, -0.25) is 4.79 Å². The summed E-state index contributed by atoms with van der Waals surface area (Å²) in [6.07, 6.45) is -4.38. The minimum absolute atomic E-state index is 0.185. The van der Waals surface area contributed by atoms with Crippen LogP contribution in [0.25, 0.3) is 0 Å². The first-order valence-corrected chi connectivity index (χ1v) is 11.4. The molecule has 6 nitrogen and oxygen atoms in total. The predicted molar refractivity (Wildman–Crippen MR) is 123 cm³/mol. The number of aromatic nitrogens is 1. The van der Waals surface area contributed by atoms with Crippen LogP contribution in [0.3, 0.4) is 0 Å². The second-order valence-corrected chi connectivity index (χ2v) is 8.31. The largest absolute Gasteiger partial charge is 0.494 e. The highest BCUT2D eigenvalue weighted by molar-refractivity contribution is 7.14.